The number of rotatable bonds is 3. The predicted octanol–water partition coefficient (Wildman–Crippen LogP) is 4.28. The Labute approximate surface area is 188 Å². The van der Waals surface area contributed by atoms with E-state index in [-0.39, 0.29) is 41.7 Å². The van der Waals surface area contributed by atoms with Crippen molar-refractivity contribution in [3.8, 4) is 17.2 Å². The van der Waals surface area contributed by atoms with E-state index in [1.807, 2.05) is 25.1 Å². The Hall–Kier alpha value is -4.26. The minimum Gasteiger partial charge on any atom is -0.508 e. The first-order valence-corrected chi connectivity index (χ1v) is 10.6. The van der Waals surface area contributed by atoms with Gasteiger partial charge >= 0.3 is 0 Å². The zero-order valence-electron chi connectivity index (χ0n) is 17.7. The number of aryl methyl sites for hydroxylation is 1. The van der Waals surface area contributed by atoms with Crippen molar-refractivity contribution >= 4 is 16.9 Å². The second-order valence-corrected chi connectivity index (χ2v) is 8.29. The standard InChI is InChI=1S/C26H19NO6/c1-14-5-7-19-18(9-14)24(29)22-23(16-3-2-4-17(28)11-16)27(26(30)25(22)33-19)12-15-6-8-20-21(10-15)32-13-31-20/h2-11,23,28H,12-13H2,1H3. The highest BCUT2D eigenvalue weighted by Crippen LogP contribution is 2.41. The van der Waals surface area contributed by atoms with Crippen LogP contribution in [0.5, 0.6) is 17.2 Å². The number of phenols is 1. The Bertz CT molecular complexity index is 1500. The lowest BCUT2D eigenvalue weighted by Crippen LogP contribution is -2.29. The lowest BCUT2D eigenvalue weighted by Gasteiger charge is -2.25. The molecule has 164 valence electrons. The molecular weight excluding hydrogens is 422 g/mol. The van der Waals surface area contributed by atoms with Crippen molar-refractivity contribution in [2.75, 3.05) is 6.79 Å². The molecule has 3 heterocycles. The van der Waals surface area contributed by atoms with Crippen molar-refractivity contribution in [1.82, 2.24) is 4.90 Å². The summed E-state index contributed by atoms with van der Waals surface area (Å²) >= 11 is 0. The van der Waals surface area contributed by atoms with Gasteiger partial charge in [-0.25, -0.2) is 0 Å². The predicted molar refractivity (Wildman–Crippen MR) is 120 cm³/mol. The van der Waals surface area contributed by atoms with Gasteiger partial charge in [0.25, 0.3) is 5.91 Å². The van der Waals surface area contributed by atoms with Crippen LogP contribution in [0, 0.1) is 6.92 Å². The van der Waals surface area contributed by atoms with Crippen LogP contribution in [0.4, 0.5) is 0 Å². The average molecular weight is 441 g/mol. The SMILES string of the molecule is Cc1ccc2oc3c(c(=O)c2c1)C(c1cccc(O)c1)N(Cc1ccc2c(c1)OCO2)C3=O. The Morgan fingerprint density at radius 2 is 1.85 bits per heavy atom. The summed E-state index contributed by atoms with van der Waals surface area (Å²) in [6, 6.07) is 16.7. The highest BCUT2D eigenvalue weighted by Gasteiger charge is 2.43. The maximum Gasteiger partial charge on any atom is 0.291 e. The first-order chi connectivity index (χ1) is 16.0. The molecule has 0 fully saturated rings. The van der Waals surface area contributed by atoms with Gasteiger partial charge in [0.2, 0.25) is 12.6 Å². The van der Waals surface area contributed by atoms with Crippen molar-refractivity contribution in [3.63, 3.8) is 0 Å². The van der Waals surface area contributed by atoms with Crippen molar-refractivity contribution in [2.45, 2.75) is 19.5 Å². The van der Waals surface area contributed by atoms with Crippen LogP contribution in [0.25, 0.3) is 11.0 Å². The molecule has 1 amide bonds. The van der Waals surface area contributed by atoms with Crippen LogP contribution in [-0.2, 0) is 6.54 Å². The zero-order valence-corrected chi connectivity index (χ0v) is 17.7. The second kappa shape index (κ2) is 7.13. The van der Waals surface area contributed by atoms with Crippen molar-refractivity contribution in [1.29, 1.82) is 0 Å². The summed E-state index contributed by atoms with van der Waals surface area (Å²) in [6.45, 7) is 2.27. The third-order valence-corrected chi connectivity index (χ3v) is 6.10. The molecule has 1 N–H and O–H groups in total. The van der Waals surface area contributed by atoms with Gasteiger partial charge in [-0.2, -0.15) is 0 Å². The zero-order chi connectivity index (χ0) is 22.7. The van der Waals surface area contributed by atoms with E-state index in [0.29, 0.717) is 28.0 Å². The molecule has 0 bridgehead atoms. The third-order valence-electron chi connectivity index (χ3n) is 6.10. The van der Waals surface area contributed by atoms with E-state index in [1.165, 1.54) is 0 Å². The molecule has 2 aliphatic rings. The van der Waals surface area contributed by atoms with Crippen molar-refractivity contribution in [3.05, 3.63) is 98.9 Å². The highest BCUT2D eigenvalue weighted by atomic mass is 16.7. The molecule has 0 saturated carbocycles. The molecule has 6 rings (SSSR count). The molecule has 0 spiro atoms. The van der Waals surface area contributed by atoms with E-state index in [2.05, 4.69) is 0 Å². The molecule has 3 aromatic carbocycles. The fourth-order valence-corrected chi connectivity index (χ4v) is 4.57. The Kier molecular flexibility index (Phi) is 4.20. The smallest absolute Gasteiger partial charge is 0.291 e. The van der Waals surface area contributed by atoms with E-state index in [4.69, 9.17) is 13.9 Å². The fourth-order valence-electron chi connectivity index (χ4n) is 4.57. The van der Waals surface area contributed by atoms with Gasteiger partial charge in [-0.3, -0.25) is 9.59 Å². The number of hydrogen-bond acceptors (Lipinski definition) is 6. The number of phenolic OH excluding ortho intramolecular Hbond substituents is 1. The number of benzene rings is 3. The summed E-state index contributed by atoms with van der Waals surface area (Å²) < 4.78 is 16.8. The Balaban J connectivity index is 1.53. The second-order valence-electron chi connectivity index (χ2n) is 8.29. The summed E-state index contributed by atoms with van der Waals surface area (Å²) in [4.78, 5) is 28.7. The largest absolute Gasteiger partial charge is 0.508 e. The van der Waals surface area contributed by atoms with Gasteiger partial charge in [0.1, 0.15) is 11.3 Å². The summed E-state index contributed by atoms with van der Waals surface area (Å²) in [5.41, 5.74) is 2.78. The highest BCUT2D eigenvalue weighted by molar-refractivity contribution is 5.99. The molecule has 7 nitrogen and oxygen atoms in total. The molecule has 0 radical (unpaired) electrons. The minimum atomic E-state index is -0.703. The van der Waals surface area contributed by atoms with Crippen LogP contribution in [0.2, 0.25) is 0 Å². The number of aromatic hydroxyl groups is 1. The number of fused-ring (bicyclic) bond motifs is 3. The number of carbonyl (C=O) groups excluding carboxylic acids is 1. The lowest BCUT2D eigenvalue weighted by atomic mass is 9.97. The van der Waals surface area contributed by atoms with Gasteiger partial charge in [0.15, 0.2) is 16.9 Å². The summed E-state index contributed by atoms with van der Waals surface area (Å²) in [6.07, 6.45) is 0. The Morgan fingerprint density at radius 1 is 1.00 bits per heavy atom. The summed E-state index contributed by atoms with van der Waals surface area (Å²) in [7, 11) is 0. The number of carbonyl (C=O) groups is 1. The van der Waals surface area contributed by atoms with Crippen LogP contribution in [-0.4, -0.2) is 22.7 Å². The van der Waals surface area contributed by atoms with Gasteiger partial charge < -0.3 is 23.9 Å². The van der Waals surface area contributed by atoms with Crippen LogP contribution in [0.1, 0.15) is 38.9 Å². The topological polar surface area (TPSA) is 89.2 Å². The van der Waals surface area contributed by atoms with Crippen molar-refractivity contribution in [2.24, 2.45) is 0 Å². The fraction of sp³-hybridized carbons (Fsp3) is 0.154. The van der Waals surface area contributed by atoms with Gasteiger partial charge in [-0.1, -0.05) is 29.8 Å². The van der Waals surface area contributed by atoms with E-state index in [9.17, 15) is 14.7 Å². The van der Waals surface area contributed by atoms with Gasteiger partial charge in [-0.15, -0.1) is 0 Å². The molecular formula is C26H19NO6. The number of ether oxygens (including phenoxy) is 2. The number of nitrogens with zero attached hydrogens (tertiary/aromatic N) is 1. The molecule has 0 aliphatic carbocycles. The normalized spacial score (nSPS) is 16.5. The van der Waals surface area contributed by atoms with E-state index in [0.717, 1.165) is 11.1 Å². The first kappa shape index (κ1) is 19.4. The Morgan fingerprint density at radius 3 is 2.70 bits per heavy atom. The van der Waals surface area contributed by atoms with E-state index in [1.54, 1.807) is 47.4 Å². The van der Waals surface area contributed by atoms with Gasteiger partial charge in [-0.05, 0) is 54.4 Å². The average Bonchev–Trinajstić information content (AvgIpc) is 3.37. The third kappa shape index (κ3) is 3.04. The van der Waals surface area contributed by atoms with E-state index >= 15 is 0 Å². The monoisotopic (exact) mass is 441 g/mol. The maximum absolute atomic E-state index is 13.6. The lowest BCUT2D eigenvalue weighted by molar-refractivity contribution is 0.0714. The molecule has 33 heavy (non-hydrogen) atoms. The molecule has 7 heteroatoms. The minimum absolute atomic E-state index is 0.0328. The number of amides is 1. The molecule has 2 aliphatic heterocycles. The van der Waals surface area contributed by atoms with Crippen LogP contribution in [0.3, 0.4) is 0 Å². The van der Waals surface area contributed by atoms with Crippen molar-refractivity contribution < 1.29 is 23.8 Å². The molecule has 1 unspecified atom stereocenters. The molecule has 4 aromatic rings. The quantitative estimate of drug-likeness (QED) is 0.511. The summed E-state index contributed by atoms with van der Waals surface area (Å²) in [5, 5.41) is 10.5. The van der Waals surface area contributed by atoms with Crippen LogP contribution in [0.15, 0.2) is 69.9 Å². The molecule has 0 saturated heterocycles. The molecule has 1 aromatic heterocycles. The van der Waals surface area contributed by atoms with E-state index < -0.39 is 6.04 Å². The van der Waals surface area contributed by atoms with Crippen LogP contribution >= 0.6 is 0 Å². The number of hydrogen-bond donors (Lipinski definition) is 1. The van der Waals surface area contributed by atoms with Gasteiger partial charge in [0, 0.05) is 6.54 Å². The summed E-state index contributed by atoms with van der Waals surface area (Å²) in [5.74, 6) is 0.970. The maximum atomic E-state index is 13.6. The molecule has 1 atom stereocenters. The van der Waals surface area contributed by atoms with Gasteiger partial charge in [0.05, 0.1) is 17.0 Å². The first-order valence-electron chi connectivity index (χ1n) is 10.6. The van der Waals surface area contributed by atoms with Crippen LogP contribution < -0.4 is 14.9 Å².